The molecule has 2 aromatic carbocycles. The molecule has 1 heterocycles. The molecular formula is C25H24ClN. The van der Waals surface area contributed by atoms with Crippen molar-refractivity contribution in [1.29, 1.82) is 0 Å². The van der Waals surface area contributed by atoms with E-state index in [4.69, 9.17) is 16.6 Å². The molecule has 0 N–H and O–H groups in total. The first-order valence-corrected chi connectivity index (χ1v) is 9.81. The largest absolute Gasteiger partial charge is 0.246 e. The summed E-state index contributed by atoms with van der Waals surface area (Å²) in [5, 5.41) is 0.747. The molecule has 27 heavy (non-hydrogen) atoms. The molecule has 0 aliphatic heterocycles. The summed E-state index contributed by atoms with van der Waals surface area (Å²) in [5.41, 5.74) is 5.91. The molecule has 2 heteroatoms. The molecule has 0 radical (unpaired) electrons. The predicted molar refractivity (Wildman–Crippen MR) is 119 cm³/mol. The fraction of sp³-hybridized carbons (Fsp3) is 0.160. The molecule has 0 bridgehead atoms. The van der Waals surface area contributed by atoms with E-state index in [0.29, 0.717) is 0 Å². The van der Waals surface area contributed by atoms with E-state index in [-0.39, 0.29) is 0 Å². The van der Waals surface area contributed by atoms with Crippen LogP contribution in [-0.4, -0.2) is 4.98 Å². The standard InChI is InChI=1S/C25H24ClN/c1-3-5-17-21-23(26)22(18-6-4-2)25(20-15-11-8-12-16-20)27-24(21)19-13-9-7-10-14-19/h5-18H,3-4H2,1-2H3/b17-5+,18-6+. The first kappa shape index (κ1) is 19.1. The first-order chi connectivity index (χ1) is 13.3. The van der Waals surface area contributed by atoms with Crippen LogP contribution >= 0.6 is 11.6 Å². The van der Waals surface area contributed by atoms with Gasteiger partial charge >= 0.3 is 0 Å². The molecule has 0 aliphatic carbocycles. The Labute approximate surface area is 167 Å². The molecular weight excluding hydrogens is 350 g/mol. The van der Waals surface area contributed by atoms with Gasteiger partial charge in [-0.05, 0) is 12.8 Å². The third kappa shape index (κ3) is 4.37. The van der Waals surface area contributed by atoms with Crippen molar-refractivity contribution in [3.05, 3.63) is 89.0 Å². The number of allylic oxidation sites excluding steroid dienone is 2. The van der Waals surface area contributed by atoms with Crippen LogP contribution in [0.15, 0.2) is 72.8 Å². The Morgan fingerprint density at radius 1 is 0.704 bits per heavy atom. The van der Waals surface area contributed by atoms with Gasteiger partial charge in [-0.15, -0.1) is 0 Å². The van der Waals surface area contributed by atoms with Gasteiger partial charge in [0.2, 0.25) is 0 Å². The molecule has 0 amide bonds. The van der Waals surface area contributed by atoms with Crippen molar-refractivity contribution in [2.75, 3.05) is 0 Å². The van der Waals surface area contributed by atoms with Gasteiger partial charge in [-0.3, -0.25) is 0 Å². The molecule has 3 rings (SSSR count). The highest BCUT2D eigenvalue weighted by Crippen LogP contribution is 2.37. The minimum atomic E-state index is 0.747. The number of pyridine rings is 1. The number of nitrogens with zero attached hydrogens (tertiary/aromatic N) is 1. The minimum absolute atomic E-state index is 0.747. The number of rotatable bonds is 6. The van der Waals surface area contributed by atoms with Crippen LogP contribution in [0.4, 0.5) is 0 Å². The monoisotopic (exact) mass is 373 g/mol. The lowest BCUT2D eigenvalue weighted by atomic mass is 9.97. The van der Waals surface area contributed by atoms with Crippen LogP contribution in [0.2, 0.25) is 5.02 Å². The molecule has 0 saturated carbocycles. The Hall–Kier alpha value is -2.64. The van der Waals surface area contributed by atoms with Crippen molar-refractivity contribution in [1.82, 2.24) is 4.98 Å². The molecule has 3 aromatic rings. The van der Waals surface area contributed by atoms with Crippen LogP contribution in [-0.2, 0) is 0 Å². The average Bonchev–Trinajstić information content (AvgIpc) is 2.73. The van der Waals surface area contributed by atoms with Crippen molar-refractivity contribution < 1.29 is 0 Å². The van der Waals surface area contributed by atoms with E-state index in [1.54, 1.807) is 0 Å². The van der Waals surface area contributed by atoms with Crippen molar-refractivity contribution in [3.8, 4) is 22.5 Å². The van der Waals surface area contributed by atoms with Crippen molar-refractivity contribution in [2.45, 2.75) is 26.7 Å². The summed E-state index contributed by atoms with van der Waals surface area (Å²) in [6.45, 7) is 4.24. The topological polar surface area (TPSA) is 12.9 Å². The van der Waals surface area contributed by atoms with E-state index >= 15 is 0 Å². The highest BCUT2D eigenvalue weighted by molar-refractivity contribution is 6.34. The van der Waals surface area contributed by atoms with Crippen molar-refractivity contribution >= 4 is 23.8 Å². The van der Waals surface area contributed by atoms with Crippen molar-refractivity contribution in [2.24, 2.45) is 0 Å². The first-order valence-electron chi connectivity index (χ1n) is 9.43. The third-order valence-electron chi connectivity index (χ3n) is 4.34. The summed E-state index contributed by atoms with van der Waals surface area (Å²) < 4.78 is 0. The Balaban J connectivity index is 2.34. The fourth-order valence-corrected chi connectivity index (χ4v) is 3.30. The fourth-order valence-electron chi connectivity index (χ4n) is 2.99. The van der Waals surface area contributed by atoms with E-state index in [9.17, 15) is 0 Å². The minimum Gasteiger partial charge on any atom is -0.246 e. The quantitative estimate of drug-likeness (QED) is 0.427. The smallest absolute Gasteiger partial charge is 0.0797 e. The summed E-state index contributed by atoms with van der Waals surface area (Å²) in [6, 6.07) is 20.5. The number of aromatic nitrogens is 1. The van der Waals surface area contributed by atoms with Crippen LogP contribution in [0.1, 0.15) is 37.8 Å². The van der Waals surface area contributed by atoms with Gasteiger partial charge in [0.1, 0.15) is 0 Å². The Morgan fingerprint density at radius 2 is 1.11 bits per heavy atom. The average molecular weight is 374 g/mol. The maximum Gasteiger partial charge on any atom is 0.0797 e. The second-order valence-electron chi connectivity index (χ2n) is 6.30. The second-order valence-corrected chi connectivity index (χ2v) is 6.68. The van der Waals surface area contributed by atoms with E-state index in [1.165, 1.54) is 0 Å². The zero-order valence-electron chi connectivity index (χ0n) is 15.8. The molecule has 0 aliphatic rings. The molecule has 1 aromatic heterocycles. The van der Waals surface area contributed by atoms with Gasteiger partial charge in [0.25, 0.3) is 0 Å². The molecule has 136 valence electrons. The van der Waals surface area contributed by atoms with E-state index in [0.717, 1.165) is 51.5 Å². The van der Waals surface area contributed by atoms with Crippen LogP contribution < -0.4 is 0 Å². The predicted octanol–water partition coefficient (Wildman–Crippen LogP) is 7.92. The Kier molecular flexibility index (Phi) is 6.62. The van der Waals surface area contributed by atoms with Gasteiger partial charge in [0, 0.05) is 22.3 Å². The lowest BCUT2D eigenvalue weighted by Gasteiger charge is -2.15. The maximum absolute atomic E-state index is 6.95. The van der Waals surface area contributed by atoms with Gasteiger partial charge in [-0.2, -0.15) is 0 Å². The molecule has 0 saturated heterocycles. The van der Waals surface area contributed by atoms with Gasteiger partial charge in [0.15, 0.2) is 0 Å². The second kappa shape index (κ2) is 9.34. The third-order valence-corrected chi connectivity index (χ3v) is 4.75. The summed E-state index contributed by atoms with van der Waals surface area (Å²) >= 11 is 6.95. The lowest BCUT2D eigenvalue weighted by Crippen LogP contribution is -1.98. The van der Waals surface area contributed by atoms with Gasteiger partial charge in [0.05, 0.1) is 16.4 Å². The Bertz CT molecular complexity index is 865. The van der Waals surface area contributed by atoms with Crippen LogP contribution in [0.25, 0.3) is 34.7 Å². The van der Waals surface area contributed by atoms with Gasteiger partial charge < -0.3 is 0 Å². The molecule has 1 nitrogen and oxygen atoms in total. The lowest BCUT2D eigenvalue weighted by molar-refractivity contribution is 1.23. The highest BCUT2D eigenvalue weighted by Gasteiger charge is 2.17. The molecule has 0 unspecified atom stereocenters. The molecule has 0 fully saturated rings. The van der Waals surface area contributed by atoms with Crippen LogP contribution in [0.3, 0.4) is 0 Å². The summed E-state index contributed by atoms with van der Waals surface area (Å²) in [4.78, 5) is 5.09. The zero-order chi connectivity index (χ0) is 19.1. The molecule has 0 atom stereocenters. The normalized spacial score (nSPS) is 11.5. The van der Waals surface area contributed by atoms with E-state index in [2.05, 4.69) is 62.4 Å². The number of hydrogen-bond acceptors (Lipinski definition) is 1. The SMILES string of the molecule is CC/C=C/c1c(-c2ccccc2)nc(-c2ccccc2)c(/C=C/CC)c1Cl. The maximum atomic E-state index is 6.95. The van der Waals surface area contributed by atoms with Crippen LogP contribution in [0.5, 0.6) is 0 Å². The zero-order valence-corrected chi connectivity index (χ0v) is 16.6. The van der Waals surface area contributed by atoms with E-state index in [1.807, 2.05) is 36.4 Å². The summed E-state index contributed by atoms with van der Waals surface area (Å²) in [6.07, 6.45) is 10.3. The van der Waals surface area contributed by atoms with Gasteiger partial charge in [-0.1, -0.05) is 110 Å². The number of benzene rings is 2. The summed E-state index contributed by atoms with van der Waals surface area (Å²) in [5.74, 6) is 0. The van der Waals surface area contributed by atoms with Crippen LogP contribution in [0, 0.1) is 0 Å². The summed E-state index contributed by atoms with van der Waals surface area (Å²) in [7, 11) is 0. The van der Waals surface area contributed by atoms with E-state index < -0.39 is 0 Å². The van der Waals surface area contributed by atoms with Gasteiger partial charge in [-0.25, -0.2) is 4.98 Å². The molecule has 0 spiro atoms. The highest BCUT2D eigenvalue weighted by atomic mass is 35.5. The number of halogens is 1. The Morgan fingerprint density at radius 3 is 1.48 bits per heavy atom. The van der Waals surface area contributed by atoms with Crippen molar-refractivity contribution in [3.63, 3.8) is 0 Å². The number of hydrogen-bond donors (Lipinski definition) is 0.